The molecule has 2 saturated heterocycles. The summed E-state index contributed by atoms with van der Waals surface area (Å²) in [5.41, 5.74) is 6.02. The molecule has 0 aromatic heterocycles. The van der Waals surface area contributed by atoms with Crippen molar-refractivity contribution in [2.75, 3.05) is 0 Å². The molecule has 0 aromatic carbocycles. The number of rotatable bonds is 3. The zero-order valence-corrected chi connectivity index (χ0v) is 37.6. The van der Waals surface area contributed by atoms with Gasteiger partial charge in [0.05, 0.1) is 79.6 Å². The number of carbonyl (C=O) groups is 2. The van der Waals surface area contributed by atoms with Crippen molar-refractivity contribution in [1.29, 1.82) is 0 Å². The fraction of sp³-hybridized carbons (Fsp3) is 0.660. The second kappa shape index (κ2) is 27.4. The molecular weight excluding hydrogens is 851 g/mol. The second-order valence-electron chi connectivity index (χ2n) is 17.6. The molecular formula is C47H73NO17. The third kappa shape index (κ3) is 18.6. The lowest BCUT2D eigenvalue weighted by Gasteiger charge is -2.45. The number of nitrogens with two attached hydrogens (primary N) is 1. The lowest BCUT2D eigenvalue weighted by atomic mass is 9.82. The van der Waals surface area contributed by atoms with E-state index in [0.717, 1.165) is 0 Å². The minimum absolute atomic E-state index is 0.107. The van der Waals surface area contributed by atoms with Crippen molar-refractivity contribution in [1.82, 2.24) is 0 Å². The number of hydrogen-bond donors (Lipinski definition) is 12. The van der Waals surface area contributed by atoms with E-state index in [1.165, 1.54) is 13.0 Å². The molecule has 3 aliphatic rings. The topological polar surface area (TPSA) is 320 Å². The van der Waals surface area contributed by atoms with E-state index in [1.54, 1.807) is 80.7 Å². The Balaban J connectivity index is 1.86. The van der Waals surface area contributed by atoms with Gasteiger partial charge in [0.1, 0.15) is 18.1 Å². The predicted molar refractivity (Wildman–Crippen MR) is 237 cm³/mol. The van der Waals surface area contributed by atoms with Crippen molar-refractivity contribution >= 4 is 11.9 Å². The Labute approximate surface area is 381 Å². The third-order valence-corrected chi connectivity index (χ3v) is 12.0. The number of esters is 1. The van der Waals surface area contributed by atoms with Gasteiger partial charge in [-0.15, -0.1) is 0 Å². The van der Waals surface area contributed by atoms with E-state index >= 15 is 0 Å². The van der Waals surface area contributed by atoms with Crippen LogP contribution >= 0.6 is 0 Å². The average Bonchev–Trinajstić information content (AvgIpc) is 3.21. The van der Waals surface area contributed by atoms with Crippen LogP contribution in [0.1, 0.15) is 79.1 Å². The molecule has 0 aliphatic carbocycles. The molecule has 0 radical (unpaired) electrons. The molecule has 3 rings (SSSR count). The van der Waals surface area contributed by atoms with Crippen molar-refractivity contribution in [2.24, 2.45) is 23.5 Å². The lowest BCUT2D eigenvalue weighted by molar-refractivity contribution is -0.308. The van der Waals surface area contributed by atoms with Crippen LogP contribution in [0.2, 0.25) is 0 Å². The van der Waals surface area contributed by atoms with Crippen molar-refractivity contribution in [3.63, 3.8) is 0 Å². The van der Waals surface area contributed by atoms with Gasteiger partial charge >= 0.3 is 11.9 Å². The fourth-order valence-corrected chi connectivity index (χ4v) is 7.97. The summed E-state index contributed by atoms with van der Waals surface area (Å²) in [6.07, 6.45) is 3.46. The van der Waals surface area contributed by atoms with E-state index in [0.29, 0.717) is 0 Å². The van der Waals surface area contributed by atoms with Crippen LogP contribution < -0.4 is 5.73 Å². The van der Waals surface area contributed by atoms with E-state index in [1.807, 2.05) is 19.1 Å². The Bertz CT molecular complexity index is 1670. The summed E-state index contributed by atoms with van der Waals surface area (Å²) in [5, 5.41) is 118. The molecule has 13 N–H and O–H groups in total. The van der Waals surface area contributed by atoms with Crippen molar-refractivity contribution in [2.45, 2.75) is 177 Å². The summed E-state index contributed by atoms with van der Waals surface area (Å²) in [7, 11) is 0. The first-order chi connectivity index (χ1) is 30.6. The van der Waals surface area contributed by atoms with Gasteiger partial charge in [0.2, 0.25) is 0 Å². The standard InChI is InChI=1S/C47H73NO17/c1-27-17-15-13-11-9-7-5-6-8-10-12-14-16-18-34(64-46-44(58)41(48)43(57)30(4)63-46)24-38-40(45(59)60)37(54)26-47(61,65-38)25-33(51)22-36(53)35(52)20-19-31(49)21-32(50)23-39(55)62-29(3)28(2)42(27)56/h5-18,27-38,40-44,46,49-54,56-58,61H,19-26,48H2,1-4H3,(H,59,60)/b6-5+,9-7+,10-8+,13-11+,14-12+,17-15+,18-16+/t27-,28+,29-,30-,31+,32+,33-,34+,35-,36+,37+,38-,40-,41+,42-,43+,44+,46+,47+/m1/s1. The number of ether oxygens (including phenoxy) is 4. The monoisotopic (exact) mass is 923 g/mol. The first kappa shape index (κ1) is 55.9. The molecule has 0 unspecified atom stereocenters. The van der Waals surface area contributed by atoms with Gasteiger partial charge in [0, 0.05) is 37.5 Å². The molecule has 368 valence electrons. The first-order valence-corrected chi connectivity index (χ1v) is 22.3. The Morgan fingerprint density at radius 1 is 0.662 bits per heavy atom. The summed E-state index contributed by atoms with van der Waals surface area (Å²) in [5.74, 6) is -6.83. The number of carboxylic acid groups (broad SMARTS) is 1. The van der Waals surface area contributed by atoms with Gasteiger partial charge < -0.3 is 80.9 Å². The summed E-state index contributed by atoms with van der Waals surface area (Å²) >= 11 is 0. The summed E-state index contributed by atoms with van der Waals surface area (Å²) in [6, 6.07) is -1.15. The Morgan fingerprint density at radius 3 is 1.82 bits per heavy atom. The maximum atomic E-state index is 12.6. The molecule has 18 nitrogen and oxygen atoms in total. The molecule has 65 heavy (non-hydrogen) atoms. The van der Waals surface area contributed by atoms with E-state index in [-0.39, 0.29) is 31.6 Å². The highest BCUT2D eigenvalue weighted by molar-refractivity contribution is 5.71. The average molecular weight is 924 g/mol. The number of hydrogen-bond acceptors (Lipinski definition) is 17. The molecule has 2 fully saturated rings. The fourth-order valence-electron chi connectivity index (χ4n) is 7.97. The smallest absolute Gasteiger partial charge is 0.311 e. The van der Waals surface area contributed by atoms with Crippen LogP contribution in [0.3, 0.4) is 0 Å². The number of aliphatic carboxylic acids is 1. The minimum Gasteiger partial charge on any atom is -0.481 e. The predicted octanol–water partition coefficient (Wildman–Crippen LogP) is 0.712. The largest absolute Gasteiger partial charge is 0.481 e. The van der Waals surface area contributed by atoms with Crippen molar-refractivity contribution < 1.29 is 84.7 Å². The van der Waals surface area contributed by atoms with Crippen LogP contribution in [-0.2, 0) is 28.5 Å². The molecule has 0 aromatic rings. The minimum atomic E-state index is -2.33. The summed E-state index contributed by atoms with van der Waals surface area (Å²) in [6.45, 7) is 6.74. The Hall–Kier alpha value is -3.44. The van der Waals surface area contributed by atoms with Gasteiger partial charge in [0.25, 0.3) is 0 Å². The number of aliphatic hydroxyl groups excluding tert-OH is 9. The van der Waals surface area contributed by atoms with Gasteiger partial charge in [0.15, 0.2) is 12.1 Å². The van der Waals surface area contributed by atoms with Gasteiger partial charge in [-0.25, -0.2) is 0 Å². The Morgan fingerprint density at radius 2 is 1.23 bits per heavy atom. The molecule has 0 saturated carbocycles. The molecule has 0 spiro atoms. The highest BCUT2D eigenvalue weighted by Crippen LogP contribution is 2.38. The summed E-state index contributed by atoms with van der Waals surface area (Å²) in [4.78, 5) is 25.1. The van der Waals surface area contributed by atoms with E-state index < -0.39 is 147 Å². The van der Waals surface area contributed by atoms with Gasteiger partial charge in [-0.2, -0.15) is 0 Å². The van der Waals surface area contributed by atoms with E-state index in [9.17, 15) is 65.8 Å². The molecule has 3 heterocycles. The maximum absolute atomic E-state index is 12.6. The lowest BCUT2D eigenvalue weighted by Crippen LogP contribution is -2.61. The van der Waals surface area contributed by atoms with E-state index in [2.05, 4.69) is 0 Å². The molecule has 19 atom stereocenters. The van der Waals surface area contributed by atoms with Gasteiger partial charge in [-0.1, -0.05) is 98.9 Å². The number of carbonyl (C=O) groups excluding carboxylic acids is 1. The normalized spacial score (nSPS) is 45.5. The van der Waals surface area contributed by atoms with Crippen molar-refractivity contribution in [3.8, 4) is 0 Å². The van der Waals surface area contributed by atoms with Crippen LogP contribution in [0.4, 0.5) is 0 Å². The number of allylic oxidation sites excluding steroid dienone is 12. The van der Waals surface area contributed by atoms with E-state index in [4.69, 9.17) is 24.7 Å². The van der Waals surface area contributed by atoms with Gasteiger partial charge in [-0.3, -0.25) is 9.59 Å². The van der Waals surface area contributed by atoms with Crippen LogP contribution in [0.15, 0.2) is 85.1 Å². The SMILES string of the molecule is C[C@@H]1[C@H](O)[C@H](C)/C=C/C=C/C=C/C=C/C=C/C=C/C=C/[C@H](O[C@@H]2O[C@H](C)[C@H](O)[C@H](N)[C@@H]2O)C[C@H]2O[C@@](O)(C[C@H](O)C[C@H](O)[C@H](O)CC[C@H](O)C[C@H](O)CC(=O)O[C@@H]1C)C[C@H](O)[C@H]2C(=O)O. The molecule has 18 heteroatoms. The van der Waals surface area contributed by atoms with Crippen LogP contribution in [-0.4, -0.2) is 166 Å². The quantitative estimate of drug-likeness (QED) is 0.174. The zero-order valence-electron chi connectivity index (χ0n) is 37.6. The summed E-state index contributed by atoms with van der Waals surface area (Å²) < 4.78 is 23.1. The maximum Gasteiger partial charge on any atom is 0.311 e. The molecule has 0 amide bonds. The van der Waals surface area contributed by atoms with Crippen LogP contribution in [0.5, 0.6) is 0 Å². The Kier molecular flexibility index (Phi) is 23.6. The second-order valence-corrected chi connectivity index (χ2v) is 17.6. The molecule has 2 bridgehead atoms. The number of cyclic esters (lactones) is 1. The van der Waals surface area contributed by atoms with Crippen LogP contribution in [0, 0.1) is 17.8 Å². The third-order valence-electron chi connectivity index (χ3n) is 12.0. The van der Waals surface area contributed by atoms with Crippen LogP contribution in [0.25, 0.3) is 0 Å². The number of carboxylic acids is 1. The number of aliphatic hydroxyl groups is 10. The van der Waals surface area contributed by atoms with Gasteiger partial charge in [-0.05, 0) is 33.1 Å². The first-order valence-electron chi connectivity index (χ1n) is 22.3. The number of fused-ring (bicyclic) bond motifs is 2. The van der Waals surface area contributed by atoms with Crippen molar-refractivity contribution in [3.05, 3.63) is 85.1 Å². The highest BCUT2D eigenvalue weighted by Gasteiger charge is 2.51. The highest BCUT2D eigenvalue weighted by atomic mass is 16.7. The molecule has 3 aliphatic heterocycles. The zero-order chi connectivity index (χ0) is 48.4.